The molecule has 9 heteroatoms. The third-order valence-electron chi connectivity index (χ3n) is 4.88. The molecule has 0 aliphatic carbocycles. The molecule has 2 amide bonds. The van der Waals surface area contributed by atoms with Gasteiger partial charge in [-0.15, -0.1) is 0 Å². The van der Waals surface area contributed by atoms with Gasteiger partial charge in [-0.05, 0) is 62.6 Å². The van der Waals surface area contributed by atoms with Gasteiger partial charge in [0.05, 0.1) is 15.5 Å². The molecule has 3 rings (SSSR count). The minimum absolute atomic E-state index is 0.0265. The van der Waals surface area contributed by atoms with Crippen LogP contribution >= 0.6 is 11.6 Å². The predicted molar refractivity (Wildman–Crippen MR) is 121 cm³/mol. The summed E-state index contributed by atoms with van der Waals surface area (Å²) in [5.74, 6) is -0.377. The highest BCUT2D eigenvalue weighted by atomic mass is 35.5. The van der Waals surface area contributed by atoms with E-state index in [9.17, 15) is 18.0 Å². The van der Waals surface area contributed by atoms with E-state index < -0.39 is 15.9 Å². The summed E-state index contributed by atoms with van der Waals surface area (Å²) in [6.45, 7) is 4.33. The third kappa shape index (κ3) is 5.84. The average Bonchev–Trinajstić information content (AvgIpc) is 2.72. The second-order valence-corrected chi connectivity index (χ2v) is 9.89. The van der Waals surface area contributed by atoms with Crippen molar-refractivity contribution in [2.75, 3.05) is 11.4 Å². The average molecular weight is 464 g/mol. The first-order chi connectivity index (χ1) is 14.7. The predicted octanol–water partition coefficient (Wildman–Crippen LogP) is 3.47. The van der Waals surface area contributed by atoms with Gasteiger partial charge < -0.3 is 10.2 Å². The summed E-state index contributed by atoms with van der Waals surface area (Å²) >= 11 is 6.15. The van der Waals surface area contributed by atoms with Crippen LogP contribution in [0.5, 0.6) is 0 Å². The van der Waals surface area contributed by atoms with E-state index >= 15 is 0 Å². The van der Waals surface area contributed by atoms with Crippen molar-refractivity contribution in [2.45, 2.75) is 50.6 Å². The van der Waals surface area contributed by atoms with Crippen LogP contribution in [-0.4, -0.2) is 32.8 Å². The van der Waals surface area contributed by atoms with Gasteiger partial charge in [0.25, 0.3) is 5.91 Å². The lowest BCUT2D eigenvalue weighted by Gasteiger charge is -2.27. The molecule has 0 spiro atoms. The molecule has 1 fully saturated rings. The monoisotopic (exact) mass is 463 g/mol. The van der Waals surface area contributed by atoms with Gasteiger partial charge in [-0.25, -0.2) is 13.1 Å². The summed E-state index contributed by atoms with van der Waals surface area (Å²) in [5.41, 5.74) is 1.71. The van der Waals surface area contributed by atoms with Crippen LogP contribution in [0.1, 0.15) is 49.0 Å². The zero-order chi connectivity index (χ0) is 22.6. The lowest BCUT2D eigenvalue weighted by atomic mass is 10.1. The molecular weight excluding hydrogens is 438 g/mol. The number of hydrogen-bond donors (Lipinski definition) is 2. The second kappa shape index (κ2) is 9.80. The van der Waals surface area contributed by atoms with Gasteiger partial charge >= 0.3 is 0 Å². The van der Waals surface area contributed by atoms with E-state index in [1.54, 1.807) is 18.7 Å². The van der Waals surface area contributed by atoms with Crippen molar-refractivity contribution < 1.29 is 18.0 Å². The van der Waals surface area contributed by atoms with E-state index in [4.69, 9.17) is 11.6 Å². The Morgan fingerprint density at radius 3 is 2.65 bits per heavy atom. The number of hydrogen-bond acceptors (Lipinski definition) is 4. The van der Waals surface area contributed by atoms with Crippen molar-refractivity contribution in [2.24, 2.45) is 0 Å². The molecule has 0 atom stereocenters. The first kappa shape index (κ1) is 23.2. The van der Waals surface area contributed by atoms with E-state index in [0.29, 0.717) is 13.0 Å². The molecule has 31 heavy (non-hydrogen) atoms. The van der Waals surface area contributed by atoms with Gasteiger partial charge in [0, 0.05) is 31.2 Å². The molecule has 0 unspecified atom stereocenters. The van der Waals surface area contributed by atoms with Crippen molar-refractivity contribution in [1.82, 2.24) is 10.0 Å². The quantitative estimate of drug-likeness (QED) is 0.657. The molecule has 0 bridgehead atoms. The first-order valence-corrected chi connectivity index (χ1v) is 12.0. The van der Waals surface area contributed by atoms with Gasteiger partial charge in [0.2, 0.25) is 15.9 Å². The molecule has 0 radical (unpaired) electrons. The Morgan fingerprint density at radius 1 is 1.16 bits per heavy atom. The number of anilines is 1. The van der Waals surface area contributed by atoms with Crippen molar-refractivity contribution in [1.29, 1.82) is 0 Å². The first-order valence-electron chi connectivity index (χ1n) is 10.2. The van der Waals surface area contributed by atoms with Crippen molar-refractivity contribution >= 4 is 39.1 Å². The normalized spacial score (nSPS) is 14.7. The molecule has 7 nitrogen and oxygen atoms in total. The summed E-state index contributed by atoms with van der Waals surface area (Å²) in [6.07, 6.45) is 2.42. The Balaban J connectivity index is 1.73. The number of nitrogens with zero attached hydrogens (tertiary/aromatic N) is 1. The summed E-state index contributed by atoms with van der Waals surface area (Å²) in [6, 6.07) is 11.2. The molecule has 2 aromatic carbocycles. The fraction of sp³-hybridized carbons (Fsp3) is 0.364. The number of carbonyl (C=O) groups is 2. The Hall–Kier alpha value is -2.42. The van der Waals surface area contributed by atoms with Crippen LogP contribution in [0.2, 0.25) is 5.02 Å². The smallest absolute Gasteiger partial charge is 0.253 e. The molecule has 1 saturated heterocycles. The highest BCUT2D eigenvalue weighted by Crippen LogP contribution is 2.23. The number of halogens is 1. The van der Waals surface area contributed by atoms with Crippen molar-refractivity contribution in [3.63, 3.8) is 0 Å². The van der Waals surface area contributed by atoms with Crippen LogP contribution in [0.4, 0.5) is 5.69 Å². The number of benzene rings is 2. The third-order valence-corrected chi connectivity index (χ3v) is 6.87. The topological polar surface area (TPSA) is 95.6 Å². The Bertz CT molecular complexity index is 1090. The molecule has 166 valence electrons. The van der Waals surface area contributed by atoms with Crippen molar-refractivity contribution in [3.05, 3.63) is 58.6 Å². The minimum Gasteiger partial charge on any atom is -0.348 e. The SMILES string of the molecule is CC(C)NS(=O)(=O)c1ccc(Cl)c(C(=O)NCc2cccc(N3CCCCC3=O)c2)c1. The molecule has 1 heterocycles. The van der Waals surface area contributed by atoms with Crippen LogP contribution in [-0.2, 0) is 21.4 Å². The van der Waals surface area contributed by atoms with Crippen LogP contribution in [0.15, 0.2) is 47.4 Å². The number of sulfonamides is 1. The van der Waals surface area contributed by atoms with Crippen LogP contribution in [0.25, 0.3) is 0 Å². The zero-order valence-electron chi connectivity index (χ0n) is 17.5. The molecule has 2 aromatic rings. The number of carbonyl (C=O) groups excluding carboxylic acids is 2. The molecule has 0 saturated carbocycles. The molecule has 0 aromatic heterocycles. The molecule has 2 N–H and O–H groups in total. The number of amides is 2. The van der Waals surface area contributed by atoms with Gasteiger partial charge in [0.15, 0.2) is 0 Å². The van der Waals surface area contributed by atoms with E-state index in [1.807, 2.05) is 24.3 Å². The Kier molecular flexibility index (Phi) is 7.35. The zero-order valence-corrected chi connectivity index (χ0v) is 19.1. The maximum Gasteiger partial charge on any atom is 0.253 e. The van der Waals surface area contributed by atoms with Gasteiger partial charge in [-0.3, -0.25) is 9.59 Å². The number of nitrogens with one attached hydrogen (secondary N) is 2. The Labute approximate surface area is 187 Å². The van der Waals surface area contributed by atoms with Crippen LogP contribution in [0.3, 0.4) is 0 Å². The van der Waals surface area contributed by atoms with Crippen LogP contribution < -0.4 is 14.9 Å². The lowest BCUT2D eigenvalue weighted by molar-refractivity contribution is -0.119. The van der Waals surface area contributed by atoms with Gasteiger partial charge in [-0.1, -0.05) is 23.7 Å². The van der Waals surface area contributed by atoms with E-state index in [2.05, 4.69) is 10.0 Å². The maximum atomic E-state index is 12.7. The highest BCUT2D eigenvalue weighted by molar-refractivity contribution is 7.89. The lowest BCUT2D eigenvalue weighted by Crippen LogP contribution is -2.35. The number of rotatable bonds is 7. The van der Waals surface area contributed by atoms with E-state index in [1.165, 1.54) is 18.2 Å². The summed E-state index contributed by atoms with van der Waals surface area (Å²) in [4.78, 5) is 26.6. The molecular formula is C22H26ClN3O4S. The summed E-state index contributed by atoms with van der Waals surface area (Å²) in [7, 11) is -3.75. The molecule has 1 aliphatic heterocycles. The summed E-state index contributed by atoms with van der Waals surface area (Å²) in [5, 5.41) is 2.94. The Morgan fingerprint density at radius 2 is 1.94 bits per heavy atom. The minimum atomic E-state index is -3.75. The highest BCUT2D eigenvalue weighted by Gasteiger charge is 2.21. The van der Waals surface area contributed by atoms with E-state index in [-0.39, 0.29) is 34.0 Å². The van der Waals surface area contributed by atoms with Gasteiger partial charge in [-0.2, -0.15) is 0 Å². The standard InChI is InChI=1S/C22H26ClN3O4S/c1-15(2)25-31(29,30)18-9-10-20(23)19(13-18)22(28)24-14-16-6-5-7-17(12-16)26-11-4-3-8-21(26)27/h5-7,9-10,12-13,15,25H,3-4,8,11,14H2,1-2H3,(H,24,28). The number of piperidine rings is 1. The largest absolute Gasteiger partial charge is 0.348 e. The summed E-state index contributed by atoms with van der Waals surface area (Å²) < 4.78 is 27.3. The fourth-order valence-electron chi connectivity index (χ4n) is 3.41. The van der Waals surface area contributed by atoms with Gasteiger partial charge in [0.1, 0.15) is 0 Å². The maximum absolute atomic E-state index is 12.7. The second-order valence-electron chi connectivity index (χ2n) is 7.77. The fourth-order valence-corrected chi connectivity index (χ4v) is 4.89. The van der Waals surface area contributed by atoms with Crippen LogP contribution in [0, 0.1) is 0 Å². The molecule has 1 aliphatic rings. The van der Waals surface area contributed by atoms with E-state index in [0.717, 1.165) is 24.1 Å². The van der Waals surface area contributed by atoms with Crippen molar-refractivity contribution in [3.8, 4) is 0 Å².